The molecule has 0 saturated heterocycles. The van der Waals surface area contributed by atoms with Crippen molar-refractivity contribution in [2.45, 2.75) is 232 Å². The Balaban J connectivity index is 4.44. The normalized spacial score (nSPS) is 12.5. The van der Waals surface area contributed by atoms with Crippen LogP contribution in [-0.4, -0.2) is 37.2 Å². The summed E-state index contributed by atoms with van der Waals surface area (Å²) in [5, 5.41) is 0. The summed E-state index contributed by atoms with van der Waals surface area (Å²) in [5.41, 5.74) is 0. The maximum atomic E-state index is 12.7. The van der Waals surface area contributed by atoms with Crippen LogP contribution in [0.2, 0.25) is 0 Å². The third-order valence-corrected chi connectivity index (χ3v) is 10.0. The molecule has 0 aromatic rings. The van der Waals surface area contributed by atoms with Gasteiger partial charge in [-0.25, -0.2) is 0 Å². The van der Waals surface area contributed by atoms with E-state index in [1.54, 1.807) is 0 Å². The summed E-state index contributed by atoms with van der Waals surface area (Å²) in [6, 6.07) is 0. The van der Waals surface area contributed by atoms with Gasteiger partial charge in [0, 0.05) is 19.3 Å². The molecule has 0 fully saturated rings. The van der Waals surface area contributed by atoms with Crippen molar-refractivity contribution in [3.8, 4) is 0 Å². The van der Waals surface area contributed by atoms with Crippen LogP contribution in [0, 0.1) is 0 Å². The molecule has 1 atom stereocenters. The first-order valence-electron chi connectivity index (χ1n) is 23.8. The third kappa shape index (κ3) is 44.1. The van der Waals surface area contributed by atoms with Gasteiger partial charge in [0.05, 0.1) is 0 Å². The van der Waals surface area contributed by atoms with Gasteiger partial charge in [-0.1, -0.05) is 191 Å². The van der Waals surface area contributed by atoms with E-state index in [2.05, 4.69) is 81.5 Å². The SMILES string of the molecule is CC/C=C\C/C=C\CCCCCCCC(=O)OC(COC(=O)CCC/C=C\C/C=C\C/C=C\CCCCCCCC)COC(=O)CCCCCCCCCCCC. The van der Waals surface area contributed by atoms with E-state index in [9.17, 15) is 14.4 Å². The number of hydrogen-bond donors (Lipinski definition) is 0. The van der Waals surface area contributed by atoms with Crippen molar-refractivity contribution in [1.82, 2.24) is 0 Å². The Labute approximate surface area is 351 Å². The zero-order chi connectivity index (χ0) is 41.5. The van der Waals surface area contributed by atoms with Gasteiger partial charge in [-0.05, 0) is 77.0 Å². The summed E-state index contributed by atoms with van der Waals surface area (Å²) in [5.74, 6) is -0.968. The second-order valence-electron chi connectivity index (χ2n) is 15.6. The zero-order valence-corrected chi connectivity index (χ0v) is 37.3. The number of rotatable bonds is 42. The average Bonchev–Trinajstić information content (AvgIpc) is 3.21. The molecule has 0 saturated carbocycles. The van der Waals surface area contributed by atoms with E-state index in [0.717, 1.165) is 89.9 Å². The van der Waals surface area contributed by atoms with E-state index < -0.39 is 6.10 Å². The van der Waals surface area contributed by atoms with Crippen molar-refractivity contribution in [2.75, 3.05) is 13.2 Å². The van der Waals surface area contributed by atoms with Crippen molar-refractivity contribution in [3.63, 3.8) is 0 Å². The number of carbonyl (C=O) groups is 3. The van der Waals surface area contributed by atoms with Gasteiger partial charge >= 0.3 is 17.9 Å². The summed E-state index contributed by atoms with van der Waals surface area (Å²) in [6.07, 6.45) is 55.0. The van der Waals surface area contributed by atoms with Crippen LogP contribution in [0.15, 0.2) is 60.8 Å². The maximum absolute atomic E-state index is 12.7. The molecule has 0 rings (SSSR count). The fraction of sp³-hybridized carbons (Fsp3) is 0.745. The van der Waals surface area contributed by atoms with E-state index in [1.807, 2.05) is 0 Å². The van der Waals surface area contributed by atoms with Crippen LogP contribution < -0.4 is 0 Å². The first-order chi connectivity index (χ1) is 28.0. The fourth-order valence-electron chi connectivity index (χ4n) is 6.44. The third-order valence-electron chi connectivity index (χ3n) is 10.0. The van der Waals surface area contributed by atoms with E-state index in [0.29, 0.717) is 19.3 Å². The summed E-state index contributed by atoms with van der Waals surface area (Å²) in [7, 11) is 0. The van der Waals surface area contributed by atoms with Gasteiger partial charge in [0.2, 0.25) is 0 Å². The fourth-order valence-corrected chi connectivity index (χ4v) is 6.44. The molecule has 0 radical (unpaired) electrons. The minimum absolute atomic E-state index is 0.0947. The molecule has 0 N–H and O–H groups in total. The molecule has 0 aliphatic carbocycles. The topological polar surface area (TPSA) is 78.9 Å². The Bertz CT molecular complexity index is 1050. The lowest BCUT2D eigenvalue weighted by Crippen LogP contribution is -2.30. The lowest BCUT2D eigenvalue weighted by atomic mass is 10.1. The van der Waals surface area contributed by atoms with Crippen LogP contribution in [0.5, 0.6) is 0 Å². The van der Waals surface area contributed by atoms with E-state index in [4.69, 9.17) is 14.2 Å². The largest absolute Gasteiger partial charge is 0.462 e. The van der Waals surface area contributed by atoms with E-state index in [-0.39, 0.29) is 37.5 Å². The molecular weight excluding hydrogens is 709 g/mol. The van der Waals surface area contributed by atoms with Crippen LogP contribution in [0.3, 0.4) is 0 Å². The van der Waals surface area contributed by atoms with Gasteiger partial charge in [-0.15, -0.1) is 0 Å². The summed E-state index contributed by atoms with van der Waals surface area (Å²) in [6.45, 7) is 6.44. The first-order valence-corrected chi connectivity index (χ1v) is 23.8. The molecule has 0 bridgehead atoms. The molecule has 0 aromatic carbocycles. The van der Waals surface area contributed by atoms with Crippen molar-refractivity contribution in [2.24, 2.45) is 0 Å². The lowest BCUT2D eigenvalue weighted by molar-refractivity contribution is -0.167. The van der Waals surface area contributed by atoms with E-state index in [1.165, 1.54) is 89.9 Å². The molecule has 0 heterocycles. The smallest absolute Gasteiger partial charge is 0.306 e. The number of unbranched alkanes of at least 4 members (excludes halogenated alkanes) is 21. The predicted molar refractivity (Wildman–Crippen MR) is 242 cm³/mol. The van der Waals surface area contributed by atoms with Gasteiger partial charge < -0.3 is 14.2 Å². The monoisotopic (exact) mass is 797 g/mol. The molecule has 0 spiro atoms. The Morgan fingerprint density at radius 1 is 0.368 bits per heavy atom. The highest BCUT2D eigenvalue weighted by molar-refractivity contribution is 5.71. The summed E-state index contributed by atoms with van der Waals surface area (Å²) < 4.78 is 16.7. The molecular formula is C51H88O6. The van der Waals surface area contributed by atoms with E-state index >= 15 is 0 Å². The Hall–Kier alpha value is -2.89. The number of allylic oxidation sites excluding steroid dienone is 10. The van der Waals surface area contributed by atoms with Crippen molar-refractivity contribution >= 4 is 17.9 Å². The molecule has 0 aliphatic heterocycles. The van der Waals surface area contributed by atoms with Gasteiger partial charge in [-0.2, -0.15) is 0 Å². The highest BCUT2D eigenvalue weighted by atomic mass is 16.6. The molecule has 0 aliphatic rings. The summed E-state index contributed by atoms with van der Waals surface area (Å²) in [4.78, 5) is 37.7. The first kappa shape index (κ1) is 54.1. The number of carbonyl (C=O) groups excluding carboxylic acids is 3. The van der Waals surface area contributed by atoms with Gasteiger partial charge in [0.25, 0.3) is 0 Å². The highest BCUT2D eigenvalue weighted by Crippen LogP contribution is 2.13. The molecule has 57 heavy (non-hydrogen) atoms. The molecule has 0 aromatic heterocycles. The minimum Gasteiger partial charge on any atom is -0.462 e. The predicted octanol–water partition coefficient (Wildman–Crippen LogP) is 15.3. The maximum Gasteiger partial charge on any atom is 0.306 e. The zero-order valence-electron chi connectivity index (χ0n) is 37.3. The molecule has 6 heteroatoms. The van der Waals surface area contributed by atoms with Gasteiger partial charge in [-0.3, -0.25) is 14.4 Å². The number of ether oxygens (including phenoxy) is 3. The van der Waals surface area contributed by atoms with Crippen LogP contribution in [0.25, 0.3) is 0 Å². The Kier molecular flexibility index (Phi) is 43.5. The molecule has 0 amide bonds. The van der Waals surface area contributed by atoms with Crippen LogP contribution in [0.4, 0.5) is 0 Å². The lowest BCUT2D eigenvalue weighted by Gasteiger charge is -2.18. The van der Waals surface area contributed by atoms with Gasteiger partial charge in [0.15, 0.2) is 6.10 Å². The second kappa shape index (κ2) is 45.8. The minimum atomic E-state index is -0.797. The number of esters is 3. The van der Waals surface area contributed by atoms with Crippen LogP contribution >= 0.6 is 0 Å². The molecule has 1 unspecified atom stereocenters. The average molecular weight is 797 g/mol. The highest BCUT2D eigenvalue weighted by Gasteiger charge is 2.19. The number of hydrogen-bond acceptors (Lipinski definition) is 6. The van der Waals surface area contributed by atoms with Crippen molar-refractivity contribution in [3.05, 3.63) is 60.8 Å². The van der Waals surface area contributed by atoms with Crippen LogP contribution in [-0.2, 0) is 28.6 Å². The van der Waals surface area contributed by atoms with Crippen molar-refractivity contribution < 1.29 is 28.6 Å². The van der Waals surface area contributed by atoms with Gasteiger partial charge in [0.1, 0.15) is 13.2 Å². The van der Waals surface area contributed by atoms with Crippen LogP contribution in [0.1, 0.15) is 226 Å². The molecule has 6 nitrogen and oxygen atoms in total. The Morgan fingerprint density at radius 3 is 1.14 bits per heavy atom. The molecule has 328 valence electrons. The summed E-state index contributed by atoms with van der Waals surface area (Å²) >= 11 is 0. The second-order valence-corrected chi connectivity index (χ2v) is 15.6. The van der Waals surface area contributed by atoms with Crippen molar-refractivity contribution in [1.29, 1.82) is 0 Å². The standard InChI is InChI=1S/C51H88O6/c1-4-7-10-13-16-19-22-24-25-26-27-28-30-32-35-38-41-44-50(53)56-47-48(46-55-49(52)43-40-37-34-31-21-18-15-12-9-6-3)57-51(54)45-42-39-36-33-29-23-20-17-14-11-8-5-2/h8,11,17,20,24-25,27-28,32,35,48H,4-7,9-10,12-16,18-19,21-23,26,29-31,33-34,36-47H2,1-3H3/b11-8-,20-17-,25-24-,28-27-,35-32-. The quantitative estimate of drug-likeness (QED) is 0.0265. The Morgan fingerprint density at radius 2 is 0.702 bits per heavy atom.